The van der Waals surface area contributed by atoms with Crippen LogP contribution in [0.1, 0.15) is 36.5 Å². The molecule has 0 aromatic heterocycles. The number of hydrogen-bond donors (Lipinski definition) is 2. The molecule has 0 aliphatic carbocycles. The number of benzene rings is 1. The molecule has 3 N–H and O–H groups in total. The van der Waals surface area contributed by atoms with Gasteiger partial charge < -0.3 is 11.1 Å². The zero-order valence-corrected chi connectivity index (χ0v) is 10.4. The lowest BCUT2D eigenvalue weighted by molar-refractivity contribution is -0.116. The molecule has 0 bridgehead atoms. The summed E-state index contributed by atoms with van der Waals surface area (Å²) >= 11 is 0. The van der Waals surface area contributed by atoms with Gasteiger partial charge in [0.1, 0.15) is 0 Å². The molecular formula is C14H20N2O. The highest BCUT2D eigenvalue weighted by atomic mass is 16.1. The summed E-state index contributed by atoms with van der Waals surface area (Å²) in [6, 6.07) is 4.43. The van der Waals surface area contributed by atoms with Gasteiger partial charge in [-0.15, -0.1) is 0 Å². The minimum Gasteiger partial charge on any atom is -0.330 e. The molecule has 1 aromatic rings. The van der Waals surface area contributed by atoms with Crippen molar-refractivity contribution < 1.29 is 4.79 Å². The molecule has 0 unspecified atom stereocenters. The molecule has 1 aromatic carbocycles. The second kappa shape index (κ2) is 5.32. The van der Waals surface area contributed by atoms with Crippen LogP contribution >= 0.6 is 0 Å². The predicted molar refractivity (Wildman–Crippen MR) is 70.1 cm³/mol. The van der Waals surface area contributed by atoms with Crippen molar-refractivity contribution in [2.75, 3.05) is 11.9 Å². The number of aryl methyl sites for hydroxylation is 3. The van der Waals surface area contributed by atoms with E-state index < -0.39 is 0 Å². The fraction of sp³-hybridized carbons (Fsp3) is 0.500. The van der Waals surface area contributed by atoms with Gasteiger partial charge in [-0.3, -0.25) is 4.79 Å². The third kappa shape index (κ3) is 2.67. The van der Waals surface area contributed by atoms with Gasteiger partial charge in [-0.2, -0.15) is 0 Å². The molecule has 3 heteroatoms. The molecule has 0 spiro atoms. The van der Waals surface area contributed by atoms with Crippen molar-refractivity contribution in [1.82, 2.24) is 0 Å². The van der Waals surface area contributed by atoms with Gasteiger partial charge in [-0.25, -0.2) is 0 Å². The Bertz CT molecular complexity index is 426. The van der Waals surface area contributed by atoms with E-state index in [-0.39, 0.29) is 5.91 Å². The first kappa shape index (κ1) is 12.1. The van der Waals surface area contributed by atoms with Gasteiger partial charge in [0.15, 0.2) is 0 Å². The predicted octanol–water partition coefficient (Wildman–Crippen LogP) is 2.02. The lowest BCUT2D eigenvalue weighted by atomic mass is 9.93. The molecule has 0 saturated heterocycles. The lowest BCUT2D eigenvalue weighted by Gasteiger charge is -2.21. The van der Waals surface area contributed by atoms with Crippen LogP contribution in [0.3, 0.4) is 0 Å². The quantitative estimate of drug-likeness (QED) is 0.834. The average Bonchev–Trinajstić information content (AvgIpc) is 2.35. The summed E-state index contributed by atoms with van der Waals surface area (Å²) in [7, 11) is 0. The zero-order valence-electron chi connectivity index (χ0n) is 10.4. The van der Waals surface area contributed by atoms with E-state index >= 15 is 0 Å². The smallest absolute Gasteiger partial charge is 0.224 e. The van der Waals surface area contributed by atoms with E-state index in [0.717, 1.165) is 31.4 Å². The number of nitrogens with two attached hydrogens (primary N) is 1. The third-order valence-corrected chi connectivity index (χ3v) is 3.31. The maximum absolute atomic E-state index is 11.5. The Labute approximate surface area is 102 Å². The Morgan fingerprint density at radius 3 is 2.88 bits per heavy atom. The molecule has 17 heavy (non-hydrogen) atoms. The number of carbonyl (C=O) groups is 1. The van der Waals surface area contributed by atoms with E-state index in [1.807, 2.05) is 0 Å². The number of amides is 1. The van der Waals surface area contributed by atoms with Crippen molar-refractivity contribution >= 4 is 11.6 Å². The van der Waals surface area contributed by atoms with Gasteiger partial charge in [-0.05, 0) is 48.9 Å². The van der Waals surface area contributed by atoms with Crippen molar-refractivity contribution in [1.29, 1.82) is 0 Å². The largest absolute Gasteiger partial charge is 0.330 e. The molecule has 0 fully saturated rings. The summed E-state index contributed by atoms with van der Waals surface area (Å²) in [5.74, 6) is 0.135. The number of rotatable bonds is 4. The molecule has 0 atom stereocenters. The second-order valence-corrected chi connectivity index (χ2v) is 4.58. The fourth-order valence-corrected chi connectivity index (χ4v) is 2.34. The first-order valence-corrected chi connectivity index (χ1v) is 6.39. The number of nitrogens with one attached hydrogen (secondary N) is 1. The summed E-state index contributed by atoms with van der Waals surface area (Å²) in [4.78, 5) is 11.5. The van der Waals surface area contributed by atoms with E-state index in [0.29, 0.717) is 13.0 Å². The fourth-order valence-electron chi connectivity index (χ4n) is 2.34. The van der Waals surface area contributed by atoms with Gasteiger partial charge in [0.2, 0.25) is 5.91 Å². The summed E-state index contributed by atoms with van der Waals surface area (Å²) < 4.78 is 0. The van der Waals surface area contributed by atoms with Crippen LogP contribution in [0.2, 0.25) is 0 Å². The van der Waals surface area contributed by atoms with Crippen molar-refractivity contribution in [3.8, 4) is 0 Å². The molecule has 0 radical (unpaired) electrons. The number of anilines is 1. The van der Waals surface area contributed by atoms with Crippen LogP contribution in [-0.4, -0.2) is 12.5 Å². The van der Waals surface area contributed by atoms with Crippen LogP contribution in [-0.2, 0) is 24.1 Å². The summed E-state index contributed by atoms with van der Waals surface area (Å²) in [5.41, 5.74) is 10.5. The second-order valence-electron chi connectivity index (χ2n) is 4.58. The van der Waals surface area contributed by atoms with Crippen molar-refractivity contribution in [2.45, 2.75) is 39.0 Å². The first-order chi connectivity index (χ1) is 8.24. The molecule has 92 valence electrons. The van der Waals surface area contributed by atoms with Crippen LogP contribution in [0.25, 0.3) is 0 Å². The number of carbonyl (C=O) groups excluding carboxylic acids is 1. The highest BCUT2D eigenvalue weighted by Crippen LogP contribution is 2.29. The molecule has 1 aliphatic rings. The number of fused-ring (bicyclic) bond motifs is 1. The molecule has 1 amide bonds. The van der Waals surface area contributed by atoms with E-state index in [1.54, 1.807) is 0 Å². The molecule has 1 aliphatic heterocycles. The normalized spacial score (nSPS) is 14.4. The van der Waals surface area contributed by atoms with Crippen molar-refractivity contribution in [2.24, 2.45) is 5.73 Å². The van der Waals surface area contributed by atoms with Crippen LogP contribution in [0.15, 0.2) is 12.1 Å². The van der Waals surface area contributed by atoms with Gasteiger partial charge in [0.25, 0.3) is 0 Å². The summed E-state index contributed by atoms with van der Waals surface area (Å²) in [5, 5.41) is 3.01. The maximum atomic E-state index is 11.5. The van der Waals surface area contributed by atoms with Crippen molar-refractivity contribution in [3.05, 3.63) is 28.8 Å². The SMILES string of the molecule is CCc1cc(CCCN)c2c(c1)CCC(=O)N2. The Morgan fingerprint density at radius 2 is 2.18 bits per heavy atom. The first-order valence-electron chi connectivity index (χ1n) is 6.39. The van der Waals surface area contributed by atoms with Gasteiger partial charge >= 0.3 is 0 Å². The van der Waals surface area contributed by atoms with E-state index in [1.165, 1.54) is 16.7 Å². The molecular weight excluding hydrogens is 212 g/mol. The molecule has 2 rings (SSSR count). The minimum atomic E-state index is 0.135. The van der Waals surface area contributed by atoms with Crippen LogP contribution in [0.4, 0.5) is 5.69 Å². The topological polar surface area (TPSA) is 55.1 Å². The van der Waals surface area contributed by atoms with Crippen LogP contribution in [0.5, 0.6) is 0 Å². The Hall–Kier alpha value is -1.35. The van der Waals surface area contributed by atoms with Gasteiger partial charge in [0, 0.05) is 12.1 Å². The van der Waals surface area contributed by atoms with E-state index in [2.05, 4.69) is 24.4 Å². The molecule has 1 heterocycles. The Morgan fingerprint density at radius 1 is 1.35 bits per heavy atom. The van der Waals surface area contributed by atoms with Gasteiger partial charge in [-0.1, -0.05) is 19.1 Å². The highest BCUT2D eigenvalue weighted by molar-refractivity contribution is 5.94. The van der Waals surface area contributed by atoms with Crippen LogP contribution in [0, 0.1) is 0 Å². The average molecular weight is 232 g/mol. The van der Waals surface area contributed by atoms with E-state index in [9.17, 15) is 4.79 Å². The monoisotopic (exact) mass is 232 g/mol. The lowest BCUT2D eigenvalue weighted by Crippen LogP contribution is -2.21. The molecule has 0 saturated carbocycles. The Balaban J connectivity index is 2.36. The minimum absolute atomic E-state index is 0.135. The van der Waals surface area contributed by atoms with Crippen molar-refractivity contribution in [3.63, 3.8) is 0 Å². The summed E-state index contributed by atoms with van der Waals surface area (Å²) in [6.45, 7) is 2.86. The summed E-state index contributed by atoms with van der Waals surface area (Å²) in [6.07, 6.45) is 4.43. The number of hydrogen-bond acceptors (Lipinski definition) is 2. The Kier molecular flexibility index (Phi) is 3.79. The maximum Gasteiger partial charge on any atom is 0.224 e. The van der Waals surface area contributed by atoms with E-state index in [4.69, 9.17) is 5.73 Å². The van der Waals surface area contributed by atoms with Gasteiger partial charge in [0.05, 0.1) is 0 Å². The molecule has 3 nitrogen and oxygen atoms in total. The standard InChI is InChI=1S/C14H20N2O/c1-2-10-8-11(4-3-7-15)14-12(9-10)5-6-13(17)16-14/h8-9H,2-7,15H2,1H3,(H,16,17). The van der Waals surface area contributed by atoms with Crippen LogP contribution < -0.4 is 11.1 Å². The highest BCUT2D eigenvalue weighted by Gasteiger charge is 2.18. The zero-order chi connectivity index (χ0) is 12.3. The third-order valence-electron chi connectivity index (χ3n) is 3.31.